The summed E-state index contributed by atoms with van der Waals surface area (Å²) in [4.78, 5) is 0. The first-order valence-electron chi connectivity index (χ1n) is 8.61. The second kappa shape index (κ2) is 5.18. The maximum absolute atomic E-state index is 6.41. The van der Waals surface area contributed by atoms with Crippen LogP contribution < -0.4 is 0 Å². The van der Waals surface area contributed by atoms with Crippen LogP contribution >= 0.6 is 0 Å². The van der Waals surface area contributed by atoms with Crippen LogP contribution in [-0.4, -0.2) is 15.1 Å². The summed E-state index contributed by atoms with van der Waals surface area (Å²) in [7, 11) is -0.919. The van der Waals surface area contributed by atoms with Crippen LogP contribution in [0.3, 0.4) is 0 Å². The standard InChI is InChI=1S/C18H30OSi/c1-5-10-18(12-13-18)16-9-8-14-15(19-20(3)4)7-6-11-17(14,16)2/h1,14-16,20H,6-13H2,2-4H3. The largest absolute Gasteiger partial charge is 0.417 e. The summed E-state index contributed by atoms with van der Waals surface area (Å²) >= 11 is 0. The predicted molar refractivity (Wildman–Crippen MR) is 87.0 cm³/mol. The van der Waals surface area contributed by atoms with E-state index in [2.05, 4.69) is 25.9 Å². The average molecular weight is 291 g/mol. The minimum absolute atomic E-state index is 0.513. The third-order valence-electron chi connectivity index (χ3n) is 6.59. The lowest BCUT2D eigenvalue weighted by molar-refractivity contribution is -0.0204. The van der Waals surface area contributed by atoms with E-state index in [1.807, 2.05) is 0 Å². The van der Waals surface area contributed by atoms with Crippen molar-refractivity contribution in [3.8, 4) is 12.3 Å². The summed E-state index contributed by atoms with van der Waals surface area (Å²) in [6.07, 6.45) is 16.9. The van der Waals surface area contributed by atoms with Gasteiger partial charge in [0.15, 0.2) is 9.04 Å². The lowest BCUT2D eigenvalue weighted by Crippen LogP contribution is -2.44. The summed E-state index contributed by atoms with van der Waals surface area (Å²) in [5.74, 6) is 4.66. The summed E-state index contributed by atoms with van der Waals surface area (Å²) in [5, 5.41) is 0. The second-order valence-corrected chi connectivity index (χ2v) is 10.5. The van der Waals surface area contributed by atoms with Crippen LogP contribution in [0.5, 0.6) is 0 Å². The fourth-order valence-electron chi connectivity index (χ4n) is 5.65. The van der Waals surface area contributed by atoms with Crippen molar-refractivity contribution in [3.63, 3.8) is 0 Å². The van der Waals surface area contributed by atoms with Crippen LogP contribution in [0, 0.1) is 35.0 Å². The second-order valence-electron chi connectivity index (χ2n) is 8.10. The molecule has 2 heteroatoms. The van der Waals surface area contributed by atoms with E-state index in [1.165, 1.54) is 44.9 Å². The minimum atomic E-state index is -0.919. The monoisotopic (exact) mass is 290 g/mol. The molecule has 3 aliphatic rings. The third-order valence-corrected chi connectivity index (χ3v) is 7.49. The van der Waals surface area contributed by atoms with E-state index in [-0.39, 0.29) is 0 Å². The Morgan fingerprint density at radius 2 is 1.95 bits per heavy atom. The molecule has 1 nitrogen and oxygen atoms in total. The average Bonchev–Trinajstić information content (AvgIpc) is 3.04. The van der Waals surface area contributed by atoms with Gasteiger partial charge in [-0.1, -0.05) is 13.3 Å². The maximum atomic E-state index is 6.41. The van der Waals surface area contributed by atoms with Crippen LogP contribution in [0.1, 0.15) is 58.3 Å². The number of terminal acetylenes is 1. The normalized spacial score (nSPS) is 42.2. The zero-order valence-corrected chi connectivity index (χ0v) is 14.6. The van der Waals surface area contributed by atoms with E-state index in [0.29, 0.717) is 16.9 Å². The van der Waals surface area contributed by atoms with Crippen LogP contribution in [0.25, 0.3) is 0 Å². The van der Waals surface area contributed by atoms with Crippen LogP contribution in [0.15, 0.2) is 0 Å². The van der Waals surface area contributed by atoms with Gasteiger partial charge in [0.1, 0.15) is 0 Å². The Balaban J connectivity index is 1.80. The molecule has 3 fully saturated rings. The zero-order chi connectivity index (χ0) is 14.4. The molecule has 3 aliphatic carbocycles. The molecule has 0 radical (unpaired) electrons. The Kier molecular flexibility index (Phi) is 3.80. The molecule has 0 bridgehead atoms. The summed E-state index contributed by atoms with van der Waals surface area (Å²) < 4.78 is 6.41. The van der Waals surface area contributed by atoms with Gasteiger partial charge in [-0.25, -0.2) is 0 Å². The molecular formula is C18H30OSi. The highest BCUT2D eigenvalue weighted by Gasteiger charge is 2.61. The Bertz CT molecular complexity index is 406. The van der Waals surface area contributed by atoms with Gasteiger partial charge in [-0.05, 0) is 74.3 Å². The van der Waals surface area contributed by atoms with Gasteiger partial charge >= 0.3 is 0 Å². The van der Waals surface area contributed by atoms with Crippen LogP contribution in [0.2, 0.25) is 13.1 Å². The minimum Gasteiger partial charge on any atom is -0.417 e. The van der Waals surface area contributed by atoms with Crippen LogP contribution in [0.4, 0.5) is 0 Å². The van der Waals surface area contributed by atoms with Crippen molar-refractivity contribution in [1.82, 2.24) is 0 Å². The molecule has 0 N–H and O–H groups in total. The first-order valence-corrected chi connectivity index (χ1v) is 11.4. The Labute approximate surface area is 126 Å². The Hall–Kier alpha value is -0.263. The smallest absolute Gasteiger partial charge is 0.171 e. The summed E-state index contributed by atoms with van der Waals surface area (Å²) in [6, 6.07) is 0. The third kappa shape index (κ3) is 2.27. The van der Waals surface area contributed by atoms with Crippen molar-refractivity contribution in [2.24, 2.45) is 22.7 Å². The fraction of sp³-hybridized carbons (Fsp3) is 0.889. The van der Waals surface area contributed by atoms with E-state index in [9.17, 15) is 0 Å². The molecule has 0 saturated heterocycles. The highest BCUT2D eigenvalue weighted by Crippen LogP contribution is 2.69. The molecule has 0 amide bonds. The van der Waals surface area contributed by atoms with Crippen molar-refractivity contribution in [2.75, 3.05) is 0 Å². The molecule has 0 aromatic rings. The van der Waals surface area contributed by atoms with Crippen molar-refractivity contribution >= 4 is 9.04 Å². The molecule has 20 heavy (non-hydrogen) atoms. The molecule has 4 atom stereocenters. The highest BCUT2D eigenvalue weighted by molar-refractivity contribution is 6.48. The van der Waals surface area contributed by atoms with Gasteiger partial charge in [-0.15, -0.1) is 12.3 Å². The maximum Gasteiger partial charge on any atom is 0.171 e. The van der Waals surface area contributed by atoms with Gasteiger partial charge in [0.25, 0.3) is 0 Å². The van der Waals surface area contributed by atoms with Crippen molar-refractivity contribution in [3.05, 3.63) is 0 Å². The highest BCUT2D eigenvalue weighted by atomic mass is 28.3. The lowest BCUT2D eigenvalue weighted by atomic mass is 9.60. The van der Waals surface area contributed by atoms with Crippen LogP contribution in [-0.2, 0) is 4.43 Å². The molecule has 0 spiro atoms. The molecule has 3 saturated carbocycles. The SMILES string of the molecule is C#CCC1(C2CCC3C(O[SiH](C)C)CCCC32C)CC1. The van der Waals surface area contributed by atoms with Crippen molar-refractivity contribution < 1.29 is 4.43 Å². The van der Waals surface area contributed by atoms with Gasteiger partial charge < -0.3 is 4.43 Å². The molecule has 112 valence electrons. The zero-order valence-electron chi connectivity index (χ0n) is 13.5. The quantitative estimate of drug-likeness (QED) is 0.551. The van der Waals surface area contributed by atoms with E-state index < -0.39 is 9.04 Å². The van der Waals surface area contributed by atoms with Gasteiger partial charge in [0.05, 0.1) is 0 Å². The van der Waals surface area contributed by atoms with E-state index in [0.717, 1.165) is 18.3 Å². The number of fused-ring (bicyclic) bond motifs is 1. The molecule has 0 aliphatic heterocycles. The molecular weight excluding hydrogens is 260 g/mol. The topological polar surface area (TPSA) is 9.23 Å². The van der Waals surface area contributed by atoms with Gasteiger partial charge in [-0.3, -0.25) is 0 Å². The Morgan fingerprint density at radius 3 is 2.55 bits per heavy atom. The fourth-order valence-corrected chi connectivity index (χ4v) is 6.67. The van der Waals surface area contributed by atoms with Gasteiger partial charge in [-0.2, -0.15) is 0 Å². The molecule has 0 aromatic carbocycles. The van der Waals surface area contributed by atoms with E-state index in [1.54, 1.807) is 0 Å². The van der Waals surface area contributed by atoms with E-state index >= 15 is 0 Å². The lowest BCUT2D eigenvalue weighted by Gasteiger charge is -2.47. The first-order chi connectivity index (χ1) is 9.52. The molecule has 3 rings (SSSR count). The van der Waals surface area contributed by atoms with Crippen molar-refractivity contribution in [1.29, 1.82) is 0 Å². The molecule has 0 aromatic heterocycles. The molecule has 4 unspecified atom stereocenters. The predicted octanol–water partition coefficient (Wildman–Crippen LogP) is 4.37. The summed E-state index contributed by atoms with van der Waals surface area (Å²) in [5.41, 5.74) is 1.04. The number of rotatable bonds is 4. The number of hydrogen-bond acceptors (Lipinski definition) is 1. The summed E-state index contributed by atoms with van der Waals surface area (Å²) in [6.45, 7) is 7.21. The first kappa shape index (κ1) is 14.7. The van der Waals surface area contributed by atoms with Gasteiger partial charge in [0, 0.05) is 12.5 Å². The van der Waals surface area contributed by atoms with E-state index in [4.69, 9.17) is 10.8 Å². The van der Waals surface area contributed by atoms with Crippen molar-refractivity contribution in [2.45, 2.75) is 77.5 Å². The Morgan fingerprint density at radius 1 is 1.20 bits per heavy atom. The van der Waals surface area contributed by atoms with Gasteiger partial charge in [0.2, 0.25) is 0 Å². The molecule has 0 heterocycles. The number of hydrogen-bond donors (Lipinski definition) is 0.